The number of carbonyl (C=O) groups is 2. The highest BCUT2D eigenvalue weighted by atomic mass is 79.9. The van der Waals surface area contributed by atoms with Gasteiger partial charge in [-0.25, -0.2) is 4.79 Å². The van der Waals surface area contributed by atoms with Gasteiger partial charge in [-0.15, -0.1) is 11.3 Å². The fourth-order valence-corrected chi connectivity index (χ4v) is 4.56. The molecule has 5 nitrogen and oxygen atoms in total. The number of rotatable bonds is 8. The Labute approximate surface area is 202 Å². The van der Waals surface area contributed by atoms with E-state index < -0.39 is 0 Å². The van der Waals surface area contributed by atoms with Crippen LogP contribution < -0.4 is 5.32 Å². The Balaban J connectivity index is 1.77. The quantitative estimate of drug-likeness (QED) is 0.384. The van der Waals surface area contributed by atoms with Gasteiger partial charge in [0.15, 0.2) is 0 Å². The molecule has 0 spiro atoms. The molecule has 0 fully saturated rings. The average Bonchev–Trinajstić information content (AvgIpc) is 3.17. The number of para-hydroxylation sites is 1. The lowest BCUT2D eigenvalue weighted by Crippen LogP contribution is -2.47. The Morgan fingerprint density at radius 1 is 1.00 bits per heavy atom. The third-order valence-electron chi connectivity index (χ3n) is 5.18. The van der Waals surface area contributed by atoms with Gasteiger partial charge in [-0.05, 0) is 71.4 Å². The van der Waals surface area contributed by atoms with Crippen molar-refractivity contribution in [1.82, 2.24) is 9.80 Å². The molecule has 0 aliphatic heterocycles. The highest BCUT2D eigenvalue weighted by Gasteiger charge is 2.25. The first-order valence-corrected chi connectivity index (χ1v) is 12.2. The normalized spacial score (nSPS) is 10.8. The molecule has 0 aliphatic carbocycles. The number of hydrogen-bond acceptors (Lipinski definition) is 3. The standard InChI is InChI=1S/C25H28BrN3O2S/c1-18(2)29(25(31)27-22-12-8-7-11-21(22)26)17-24(30)28(15-20-9-5-4-6-10-20)16-23-19(3)13-14-32-23/h4-14,18H,15-17H2,1-3H3,(H,27,31). The van der Waals surface area contributed by atoms with Crippen molar-refractivity contribution >= 4 is 44.9 Å². The molecule has 0 unspecified atom stereocenters. The Hall–Kier alpha value is -2.64. The van der Waals surface area contributed by atoms with Crippen molar-refractivity contribution < 1.29 is 9.59 Å². The van der Waals surface area contributed by atoms with Gasteiger partial charge in [0.2, 0.25) is 5.91 Å². The SMILES string of the molecule is Cc1ccsc1CN(Cc1ccccc1)C(=O)CN(C(=O)Nc1ccccc1Br)C(C)C. The summed E-state index contributed by atoms with van der Waals surface area (Å²) in [6.45, 7) is 6.91. The molecule has 2 aromatic carbocycles. The molecule has 0 aliphatic rings. The Kier molecular flexibility index (Phi) is 8.47. The van der Waals surface area contributed by atoms with Gasteiger partial charge in [0.1, 0.15) is 6.54 Å². The van der Waals surface area contributed by atoms with Crippen LogP contribution >= 0.6 is 27.3 Å². The van der Waals surface area contributed by atoms with Crippen LogP contribution in [0.25, 0.3) is 0 Å². The van der Waals surface area contributed by atoms with Gasteiger partial charge in [-0.2, -0.15) is 0 Å². The van der Waals surface area contributed by atoms with Crippen LogP contribution in [0.5, 0.6) is 0 Å². The Bertz CT molecular complexity index is 1050. The van der Waals surface area contributed by atoms with Gasteiger partial charge in [-0.3, -0.25) is 4.79 Å². The summed E-state index contributed by atoms with van der Waals surface area (Å²) in [5.74, 6) is -0.0855. The predicted molar refractivity (Wildman–Crippen MR) is 135 cm³/mol. The summed E-state index contributed by atoms with van der Waals surface area (Å²) in [5, 5.41) is 4.95. The molecule has 1 heterocycles. The van der Waals surface area contributed by atoms with Gasteiger partial charge in [0, 0.05) is 21.9 Å². The Morgan fingerprint density at radius 2 is 1.69 bits per heavy atom. The first-order valence-electron chi connectivity index (χ1n) is 10.5. The number of carbonyl (C=O) groups excluding carboxylic acids is 2. The van der Waals surface area contributed by atoms with Gasteiger partial charge >= 0.3 is 6.03 Å². The summed E-state index contributed by atoms with van der Waals surface area (Å²) >= 11 is 5.10. The molecule has 0 radical (unpaired) electrons. The molecule has 0 saturated heterocycles. The molecule has 1 N–H and O–H groups in total. The summed E-state index contributed by atoms with van der Waals surface area (Å²) < 4.78 is 0.794. The van der Waals surface area contributed by atoms with E-state index in [-0.39, 0.29) is 24.5 Å². The third-order valence-corrected chi connectivity index (χ3v) is 6.88. The number of amides is 3. The lowest BCUT2D eigenvalue weighted by molar-refractivity contribution is -0.133. The van der Waals surface area contributed by atoms with Crippen molar-refractivity contribution in [2.75, 3.05) is 11.9 Å². The van der Waals surface area contributed by atoms with Crippen molar-refractivity contribution in [2.24, 2.45) is 0 Å². The number of nitrogens with zero attached hydrogens (tertiary/aromatic N) is 2. The number of nitrogens with one attached hydrogen (secondary N) is 1. The highest BCUT2D eigenvalue weighted by Crippen LogP contribution is 2.23. The predicted octanol–water partition coefficient (Wildman–Crippen LogP) is 6.29. The summed E-state index contributed by atoms with van der Waals surface area (Å²) in [7, 11) is 0. The molecule has 3 rings (SSSR count). The summed E-state index contributed by atoms with van der Waals surface area (Å²) in [5.41, 5.74) is 2.91. The monoisotopic (exact) mass is 513 g/mol. The smallest absolute Gasteiger partial charge is 0.322 e. The van der Waals surface area contributed by atoms with Crippen LogP contribution in [-0.2, 0) is 17.9 Å². The number of urea groups is 1. The summed E-state index contributed by atoms with van der Waals surface area (Å²) in [4.78, 5) is 31.0. The maximum Gasteiger partial charge on any atom is 0.322 e. The van der Waals surface area contributed by atoms with Crippen LogP contribution in [-0.4, -0.2) is 34.3 Å². The van der Waals surface area contributed by atoms with E-state index in [1.54, 1.807) is 16.2 Å². The minimum Gasteiger partial charge on any atom is -0.332 e. The second-order valence-corrected chi connectivity index (χ2v) is 9.75. The average molecular weight is 514 g/mol. The number of halogens is 1. The Morgan fingerprint density at radius 3 is 2.31 bits per heavy atom. The number of benzene rings is 2. The fraction of sp³-hybridized carbons (Fsp3) is 0.280. The van der Waals surface area contributed by atoms with Crippen molar-refractivity contribution in [3.05, 3.63) is 86.5 Å². The second kappa shape index (κ2) is 11.3. The van der Waals surface area contributed by atoms with Gasteiger partial charge < -0.3 is 15.1 Å². The van der Waals surface area contributed by atoms with E-state index in [0.29, 0.717) is 18.8 Å². The van der Waals surface area contributed by atoms with E-state index in [0.717, 1.165) is 14.9 Å². The van der Waals surface area contributed by atoms with E-state index in [9.17, 15) is 9.59 Å². The number of thiophene rings is 1. The van der Waals surface area contributed by atoms with Crippen molar-refractivity contribution in [2.45, 2.75) is 39.9 Å². The van der Waals surface area contributed by atoms with E-state index in [2.05, 4.69) is 34.2 Å². The molecule has 0 bridgehead atoms. The molecule has 3 aromatic rings. The largest absolute Gasteiger partial charge is 0.332 e. The molecule has 7 heteroatoms. The number of aryl methyl sites for hydroxylation is 1. The summed E-state index contributed by atoms with van der Waals surface area (Å²) in [6, 6.07) is 19.0. The summed E-state index contributed by atoms with van der Waals surface area (Å²) in [6.07, 6.45) is 0. The van der Waals surface area contributed by atoms with E-state index in [1.807, 2.05) is 78.7 Å². The van der Waals surface area contributed by atoms with Crippen molar-refractivity contribution in [3.63, 3.8) is 0 Å². The van der Waals surface area contributed by atoms with E-state index >= 15 is 0 Å². The lowest BCUT2D eigenvalue weighted by Gasteiger charge is -2.30. The molecule has 1 aromatic heterocycles. The minimum absolute atomic E-state index is 0.00517. The molecule has 168 valence electrons. The maximum absolute atomic E-state index is 13.4. The number of hydrogen-bond donors (Lipinski definition) is 1. The van der Waals surface area contributed by atoms with Crippen LogP contribution in [0, 0.1) is 6.92 Å². The van der Waals surface area contributed by atoms with Crippen LogP contribution in [0.2, 0.25) is 0 Å². The molecular weight excluding hydrogens is 486 g/mol. The number of anilines is 1. The third kappa shape index (κ3) is 6.43. The van der Waals surface area contributed by atoms with Crippen LogP contribution in [0.3, 0.4) is 0 Å². The topological polar surface area (TPSA) is 52.7 Å². The molecule has 3 amide bonds. The first kappa shape index (κ1) is 24.0. The van der Waals surface area contributed by atoms with Gasteiger partial charge in [0.25, 0.3) is 0 Å². The first-order chi connectivity index (χ1) is 15.3. The molecule has 0 atom stereocenters. The fourth-order valence-electron chi connectivity index (χ4n) is 3.26. The van der Waals surface area contributed by atoms with Gasteiger partial charge in [0.05, 0.1) is 12.2 Å². The maximum atomic E-state index is 13.4. The zero-order chi connectivity index (χ0) is 23.1. The highest BCUT2D eigenvalue weighted by molar-refractivity contribution is 9.10. The van der Waals surface area contributed by atoms with Crippen LogP contribution in [0.15, 0.2) is 70.5 Å². The van der Waals surface area contributed by atoms with Crippen molar-refractivity contribution in [3.8, 4) is 0 Å². The molecule has 32 heavy (non-hydrogen) atoms. The zero-order valence-corrected chi connectivity index (χ0v) is 20.9. The minimum atomic E-state index is -0.299. The zero-order valence-electron chi connectivity index (χ0n) is 18.5. The van der Waals surface area contributed by atoms with Crippen molar-refractivity contribution in [1.29, 1.82) is 0 Å². The molecule has 0 saturated carbocycles. The lowest BCUT2D eigenvalue weighted by atomic mass is 10.2. The van der Waals surface area contributed by atoms with Crippen LogP contribution in [0.1, 0.15) is 29.9 Å². The molecular formula is C25H28BrN3O2S. The second-order valence-electron chi connectivity index (χ2n) is 7.89. The van der Waals surface area contributed by atoms with E-state index in [1.165, 1.54) is 5.56 Å². The van der Waals surface area contributed by atoms with Crippen LogP contribution in [0.4, 0.5) is 10.5 Å². The van der Waals surface area contributed by atoms with Gasteiger partial charge in [-0.1, -0.05) is 42.5 Å². The van der Waals surface area contributed by atoms with E-state index in [4.69, 9.17) is 0 Å².